The minimum Gasteiger partial charge on any atom is -0.335 e. The van der Waals surface area contributed by atoms with Crippen molar-refractivity contribution in [3.8, 4) is 6.07 Å². The van der Waals surface area contributed by atoms with Crippen LogP contribution >= 0.6 is 0 Å². The molecule has 2 N–H and O–H groups in total. The van der Waals surface area contributed by atoms with Crippen LogP contribution in [-0.2, 0) is 11.3 Å². The zero-order valence-corrected chi connectivity index (χ0v) is 8.18. The summed E-state index contributed by atoms with van der Waals surface area (Å²) in [5.74, 6) is -0.0163. The maximum atomic E-state index is 11.3. The highest BCUT2D eigenvalue weighted by atomic mass is 16.2. The molecule has 1 aromatic rings. The van der Waals surface area contributed by atoms with E-state index in [1.165, 1.54) is 0 Å². The lowest BCUT2D eigenvalue weighted by molar-refractivity contribution is -0.143. The largest absolute Gasteiger partial charge is 0.335 e. The predicted octanol–water partition coefficient (Wildman–Crippen LogP) is 0.228. The van der Waals surface area contributed by atoms with Crippen LogP contribution in [0.2, 0.25) is 0 Å². The lowest BCUT2D eigenvalue weighted by Crippen LogP contribution is -2.60. The predicted molar refractivity (Wildman–Crippen MR) is 54.5 cm³/mol. The van der Waals surface area contributed by atoms with E-state index in [1.54, 1.807) is 17.0 Å². The summed E-state index contributed by atoms with van der Waals surface area (Å²) in [4.78, 5) is 12.9. The van der Waals surface area contributed by atoms with Crippen molar-refractivity contribution in [1.82, 2.24) is 4.90 Å². The lowest BCUT2D eigenvalue weighted by Gasteiger charge is -2.36. The molecule has 1 fully saturated rings. The van der Waals surface area contributed by atoms with Crippen LogP contribution in [0.5, 0.6) is 0 Å². The van der Waals surface area contributed by atoms with Gasteiger partial charge in [-0.05, 0) is 17.7 Å². The van der Waals surface area contributed by atoms with Gasteiger partial charge in [0.15, 0.2) is 0 Å². The molecule has 0 aliphatic carbocycles. The van der Waals surface area contributed by atoms with Crippen molar-refractivity contribution in [2.75, 3.05) is 6.54 Å². The standard InChI is InChI=1S/C11H11N3O/c12-5-8-2-1-3-9(4-8)6-14-7-10(13)11(14)15/h1-4,10H,6-7,13H2/t10-/m0/s1. The van der Waals surface area contributed by atoms with Gasteiger partial charge in [0.25, 0.3) is 0 Å². The Morgan fingerprint density at radius 1 is 1.60 bits per heavy atom. The van der Waals surface area contributed by atoms with E-state index in [0.717, 1.165) is 5.56 Å². The molecule has 0 unspecified atom stereocenters. The molecule has 0 radical (unpaired) electrons. The van der Waals surface area contributed by atoms with Crippen LogP contribution in [0.1, 0.15) is 11.1 Å². The van der Waals surface area contributed by atoms with E-state index in [9.17, 15) is 4.79 Å². The van der Waals surface area contributed by atoms with E-state index in [2.05, 4.69) is 6.07 Å². The van der Waals surface area contributed by atoms with Crippen LogP contribution in [0.15, 0.2) is 24.3 Å². The maximum Gasteiger partial charge on any atom is 0.241 e. The average Bonchev–Trinajstić information content (AvgIpc) is 2.28. The number of rotatable bonds is 2. The van der Waals surface area contributed by atoms with Gasteiger partial charge >= 0.3 is 0 Å². The zero-order valence-electron chi connectivity index (χ0n) is 8.18. The number of carbonyl (C=O) groups is 1. The minimum atomic E-state index is -0.329. The number of hydrogen-bond donors (Lipinski definition) is 1. The third kappa shape index (κ3) is 1.83. The molecule has 1 aliphatic heterocycles. The smallest absolute Gasteiger partial charge is 0.241 e. The molecule has 0 aromatic heterocycles. The van der Waals surface area contributed by atoms with Gasteiger partial charge in [-0.25, -0.2) is 0 Å². The Morgan fingerprint density at radius 3 is 3.00 bits per heavy atom. The highest BCUT2D eigenvalue weighted by molar-refractivity contribution is 5.87. The van der Waals surface area contributed by atoms with E-state index >= 15 is 0 Å². The Morgan fingerprint density at radius 2 is 2.40 bits per heavy atom. The molecule has 4 heteroatoms. The van der Waals surface area contributed by atoms with Crippen molar-refractivity contribution in [2.24, 2.45) is 5.73 Å². The molecule has 15 heavy (non-hydrogen) atoms. The van der Waals surface area contributed by atoms with E-state index in [0.29, 0.717) is 18.7 Å². The molecule has 1 atom stereocenters. The third-order valence-corrected chi connectivity index (χ3v) is 2.48. The van der Waals surface area contributed by atoms with Gasteiger partial charge in [-0.1, -0.05) is 12.1 Å². The van der Waals surface area contributed by atoms with Gasteiger partial charge in [0, 0.05) is 13.1 Å². The molecule has 2 rings (SSSR count). The first-order valence-electron chi connectivity index (χ1n) is 4.74. The Balaban J connectivity index is 2.06. The highest BCUT2D eigenvalue weighted by Gasteiger charge is 2.32. The lowest BCUT2D eigenvalue weighted by atomic mass is 10.1. The van der Waals surface area contributed by atoms with Gasteiger partial charge < -0.3 is 10.6 Å². The van der Waals surface area contributed by atoms with Crippen molar-refractivity contribution in [3.05, 3.63) is 35.4 Å². The molecule has 4 nitrogen and oxygen atoms in total. The summed E-state index contributed by atoms with van der Waals surface area (Å²) in [6.07, 6.45) is 0. The first kappa shape index (κ1) is 9.69. The fraction of sp³-hybridized carbons (Fsp3) is 0.273. The van der Waals surface area contributed by atoms with E-state index in [-0.39, 0.29) is 11.9 Å². The summed E-state index contributed by atoms with van der Waals surface area (Å²) in [5.41, 5.74) is 7.06. The number of nitrogens with zero attached hydrogens (tertiary/aromatic N) is 2. The summed E-state index contributed by atoms with van der Waals surface area (Å²) < 4.78 is 0. The average molecular weight is 201 g/mol. The van der Waals surface area contributed by atoms with E-state index in [1.807, 2.05) is 12.1 Å². The third-order valence-electron chi connectivity index (χ3n) is 2.48. The number of likely N-dealkylation sites (tertiary alicyclic amines) is 1. The van der Waals surface area contributed by atoms with Gasteiger partial charge in [0.05, 0.1) is 11.6 Å². The Labute approximate surface area is 87.9 Å². The Kier molecular flexibility index (Phi) is 2.40. The molecule has 1 aromatic carbocycles. The summed E-state index contributed by atoms with van der Waals surface area (Å²) in [6, 6.07) is 8.99. The van der Waals surface area contributed by atoms with Gasteiger partial charge in [-0.15, -0.1) is 0 Å². The molecule has 76 valence electrons. The van der Waals surface area contributed by atoms with Gasteiger partial charge in [-0.3, -0.25) is 4.79 Å². The fourth-order valence-corrected chi connectivity index (χ4v) is 1.63. The number of carbonyl (C=O) groups excluding carboxylic acids is 1. The summed E-state index contributed by atoms with van der Waals surface area (Å²) in [5, 5.41) is 8.71. The first-order chi connectivity index (χ1) is 7.20. The van der Waals surface area contributed by atoms with Crippen LogP contribution in [0.25, 0.3) is 0 Å². The molecule has 0 saturated carbocycles. The first-order valence-corrected chi connectivity index (χ1v) is 4.74. The summed E-state index contributed by atoms with van der Waals surface area (Å²) in [7, 11) is 0. The second kappa shape index (κ2) is 3.71. The minimum absolute atomic E-state index is 0.0163. The zero-order chi connectivity index (χ0) is 10.8. The molecule has 1 aliphatic rings. The van der Waals surface area contributed by atoms with Gasteiger partial charge in [-0.2, -0.15) is 5.26 Å². The van der Waals surface area contributed by atoms with Crippen molar-refractivity contribution < 1.29 is 4.79 Å². The second-order valence-electron chi connectivity index (χ2n) is 3.64. The molecule has 1 saturated heterocycles. The monoisotopic (exact) mass is 201 g/mol. The molecular weight excluding hydrogens is 190 g/mol. The maximum absolute atomic E-state index is 11.3. The van der Waals surface area contributed by atoms with Gasteiger partial charge in [0.1, 0.15) is 6.04 Å². The number of amides is 1. The van der Waals surface area contributed by atoms with Gasteiger partial charge in [0.2, 0.25) is 5.91 Å². The summed E-state index contributed by atoms with van der Waals surface area (Å²) >= 11 is 0. The molecule has 0 spiro atoms. The fourth-order valence-electron chi connectivity index (χ4n) is 1.63. The van der Waals surface area contributed by atoms with Crippen LogP contribution in [0.3, 0.4) is 0 Å². The van der Waals surface area contributed by atoms with Crippen LogP contribution in [-0.4, -0.2) is 23.4 Å². The number of nitriles is 1. The molecule has 1 heterocycles. The van der Waals surface area contributed by atoms with E-state index in [4.69, 9.17) is 11.0 Å². The van der Waals surface area contributed by atoms with Crippen LogP contribution in [0, 0.1) is 11.3 Å². The van der Waals surface area contributed by atoms with Crippen molar-refractivity contribution in [1.29, 1.82) is 5.26 Å². The van der Waals surface area contributed by atoms with E-state index < -0.39 is 0 Å². The normalized spacial score (nSPS) is 19.6. The Hall–Kier alpha value is -1.86. The van der Waals surface area contributed by atoms with Crippen molar-refractivity contribution in [2.45, 2.75) is 12.6 Å². The highest BCUT2D eigenvalue weighted by Crippen LogP contribution is 2.14. The van der Waals surface area contributed by atoms with Crippen LogP contribution in [0.4, 0.5) is 0 Å². The number of β-lactam (4-membered cyclic amide) rings is 1. The topological polar surface area (TPSA) is 70.1 Å². The quantitative estimate of drug-likeness (QED) is 0.696. The number of nitrogens with two attached hydrogens (primary N) is 1. The second-order valence-corrected chi connectivity index (χ2v) is 3.64. The molecule has 0 bridgehead atoms. The van der Waals surface area contributed by atoms with Crippen LogP contribution < -0.4 is 5.73 Å². The number of hydrogen-bond acceptors (Lipinski definition) is 3. The molecular formula is C11H11N3O. The SMILES string of the molecule is N#Cc1cccc(CN2C[C@H](N)C2=O)c1. The Bertz CT molecular complexity index is 436. The summed E-state index contributed by atoms with van der Waals surface area (Å²) in [6.45, 7) is 1.15. The van der Waals surface area contributed by atoms with Crippen molar-refractivity contribution >= 4 is 5.91 Å². The molecule has 1 amide bonds. The van der Waals surface area contributed by atoms with Crippen molar-refractivity contribution in [3.63, 3.8) is 0 Å². The number of benzene rings is 1.